The number of hydrogen-bond acceptors (Lipinski definition) is 0. The van der Waals surface area contributed by atoms with Crippen LogP contribution in [-0.2, 0) is 0 Å². The summed E-state index contributed by atoms with van der Waals surface area (Å²) in [5, 5.41) is 0. The monoisotopic (exact) mass is 250 g/mol. The fraction of sp³-hybridized carbons (Fsp3) is 1.00. The molecule has 0 aromatic rings. The lowest BCUT2D eigenvalue weighted by atomic mass is 9.74. The maximum Gasteiger partial charge on any atom is -0.0388 e. The molecule has 0 aromatic heterocycles. The standard InChI is InChI=1S/C18H34/c1-3-6-16-9-11-17(12-10-16)13-14-18-8-5-4-7-15(18)2/h15-18H,3-14H2,1-2H3. The fourth-order valence-electron chi connectivity index (χ4n) is 4.49. The Morgan fingerprint density at radius 1 is 0.722 bits per heavy atom. The zero-order chi connectivity index (χ0) is 12.8. The summed E-state index contributed by atoms with van der Waals surface area (Å²) in [7, 11) is 0. The van der Waals surface area contributed by atoms with E-state index in [1.165, 1.54) is 38.5 Å². The molecule has 2 unspecified atom stereocenters. The summed E-state index contributed by atoms with van der Waals surface area (Å²) >= 11 is 0. The summed E-state index contributed by atoms with van der Waals surface area (Å²) in [6.45, 7) is 4.85. The highest BCUT2D eigenvalue weighted by Crippen LogP contribution is 2.38. The van der Waals surface area contributed by atoms with Crippen LogP contribution in [-0.4, -0.2) is 0 Å². The van der Waals surface area contributed by atoms with Gasteiger partial charge >= 0.3 is 0 Å². The van der Waals surface area contributed by atoms with Gasteiger partial charge in [0, 0.05) is 0 Å². The molecule has 2 saturated carbocycles. The molecule has 18 heavy (non-hydrogen) atoms. The van der Waals surface area contributed by atoms with Gasteiger partial charge in [-0.1, -0.05) is 84.5 Å². The topological polar surface area (TPSA) is 0 Å². The minimum atomic E-state index is 1.02. The van der Waals surface area contributed by atoms with Gasteiger partial charge in [0.2, 0.25) is 0 Å². The SMILES string of the molecule is CCCC1CCC(CCC2CCCCC2C)CC1. The second-order valence-corrected chi connectivity index (χ2v) is 7.27. The summed E-state index contributed by atoms with van der Waals surface area (Å²) in [5.74, 6) is 4.27. The van der Waals surface area contributed by atoms with Crippen LogP contribution in [0.25, 0.3) is 0 Å². The summed E-state index contributed by atoms with van der Waals surface area (Å²) in [6, 6.07) is 0. The Bertz CT molecular complexity index is 212. The smallest absolute Gasteiger partial charge is 0.0388 e. The molecule has 2 rings (SSSR count). The van der Waals surface area contributed by atoms with Gasteiger partial charge in [0.1, 0.15) is 0 Å². The van der Waals surface area contributed by atoms with Crippen molar-refractivity contribution in [3.05, 3.63) is 0 Å². The van der Waals surface area contributed by atoms with Gasteiger partial charge in [-0.05, 0) is 30.1 Å². The molecular formula is C18H34. The van der Waals surface area contributed by atoms with E-state index in [1.54, 1.807) is 38.5 Å². The van der Waals surface area contributed by atoms with Crippen LogP contribution in [0.5, 0.6) is 0 Å². The summed E-state index contributed by atoms with van der Waals surface area (Å²) in [6.07, 6.45) is 18.2. The molecule has 0 spiro atoms. The second kappa shape index (κ2) is 7.56. The first kappa shape index (κ1) is 14.4. The van der Waals surface area contributed by atoms with Gasteiger partial charge in [0.15, 0.2) is 0 Å². The third kappa shape index (κ3) is 4.28. The maximum atomic E-state index is 2.50. The van der Waals surface area contributed by atoms with Crippen LogP contribution in [0.1, 0.15) is 90.9 Å². The Balaban J connectivity index is 1.62. The third-order valence-electron chi connectivity index (χ3n) is 5.90. The van der Waals surface area contributed by atoms with Crippen molar-refractivity contribution < 1.29 is 0 Å². The quantitative estimate of drug-likeness (QED) is 0.545. The van der Waals surface area contributed by atoms with Crippen LogP contribution in [0.4, 0.5) is 0 Å². The van der Waals surface area contributed by atoms with E-state index in [1.807, 2.05) is 0 Å². The fourth-order valence-corrected chi connectivity index (χ4v) is 4.49. The Morgan fingerprint density at radius 2 is 1.33 bits per heavy atom. The average molecular weight is 250 g/mol. The van der Waals surface area contributed by atoms with E-state index in [4.69, 9.17) is 0 Å². The Morgan fingerprint density at radius 3 is 1.94 bits per heavy atom. The van der Waals surface area contributed by atoms with Crippen LogP contribution in [0.2, 0.25) is 0 Å². The molecule has 0 radical (unpaired) electrons. The third-order valence-corrected chi connectivity index (χ3v) is 5.90. The summed E-state index contributed by atoms with van der Waals surface area (Å²) in [4.78, 5) is 0. The molecule has 0 saturated heterocycles. The Labute approximate surface area is 115 Å². The van der Waals surface area contributed by atoms with Crippen LogP contribution in [0, 0.1) is 23.7 Å². The highest BCUT2D eigenvalue weighted by Gasteiger charge is 2.24. The number of hydrogen-bond donors (Lipinski definition) is 0. The predicted molar refractivity (Wildman–Crippen MR) is 80.7 cm³/mol. The van der Waals surface area contributed by atoms with Gasteiger partial charge < -0.3 is 0 Å². The molecule has 0 heteroatoms. The van der Waals surface area contributed by atoms with Gasteiger partial charge in [-0.2, -0.15) is 0 Å². The molecule has 0 heterocycles. The van der Waals surface area contributed by atoms with Gasteiger partial charge in [-0.3, -0.25) is 0 Å². The molecule has 2 aliphatic carbocycles. The van der Waals surface area contributed by atoms with Crippen molar-refractivity contribution >= 4 is 0 Å². The van der Waals surface area contributed by atoms with Crippen LogP contribution in [0.3, 0.4) is 0 Å². The van der Waals surface area contributed by atoms with Crippen molar-refractivity contribution in [2.45, 2.75) is 90.9 Å². The van der Waals surface area contributed by atoms with Crippen LogP contribution < -0.4 is 0 Å². The first-order chi connectivity index (χ1) is 8.79. The zero-order valence-corrected chi connectivity index (χ0v) is 12.8. The highest BCUT2D eigenvalue weighted by molar-refractivity contribution is 4.76. The van der Waals surface area contributed by atoms with E-state index in [0.717, 1.165) is 23.7 Å². The van der Waals surface area contributed by atoms with Crippen molar-refractivity contribution in [2.24, 2.45) is 23.7 Å². The predicted octanol–water partition coefficient (Wildman–Crippen LogP) is 6.20. The van der Waals surface area contributed by atoms with Gasteiger partial charge in [0.25, 0.3) is 0 Å². The van der Waals surface area contributed by atoms with E-state index in [2.05, 4.69) is 13.8 Å². The lowest BCUT2D eigenvalue weighted by molar-refractivity contribution is 0.197. The largest absolute Gasteiger partial charge is 0.0654 e. The van der Waals surface area contributed by atoms with Crippen LogP contribution >= 0.6 is 0 Å². The van der Waals surface area contributed by atoms with Gasteiger partial charge in [-0.25, -0.2) is 0 Å². The van der Waals surface area contributed by atoms with Crippen molar-refractivity contribution in [3.63, 3.8) is 0 Å². The summed E-state index contributed by atoms with van der Waals surface area (Å²) in [5.41, 5.74) is 0. The normalized spacial score (nSPS) is 37.7. The molecule has 106 valence electrons. The van der Waals surface area contributed by atoms with Crippen LogP contribution in [0.15, 0.2) is 0 Å². The van der Waals surface area contributed by atoms with Crippen molar-refractivity contribution in [1.82, 2.24) is 0 Å². The van der Waals surface area contributed by atoms with E-state index in [9.17, 15) is 0 Å². The van der Waals surface area contributed by atoms with E-state index >= 15 is 0 Å². The van der Waals surface area contributed by atoms with E-state index in [-0.39, 0.29) is 0 Å². The highest BCUT2D eigenvalue weighted by atomic mass is 14.3. The van der Waals surface area contributed by atoms with E-state index in [0.29, 0.717) is 0 Å². The Hall–Kier alpha value is 0. The first-order valence-electron chi connectivity index (χ1n) is 8.79. The van der Waals surface area contributed by atoms with Crippen molar-refractivity contribution in [2.75, 3.05) is 0 Å². The lowest BCUT2D eigenvalue weighted by Gasteiger charge is -2.32. The average Bonchev–Trinajstić information content (AvgIpc) is 2.40. The molecule has 0 nitrogen and oxygen atoms in total. The summed E-state index contributed by atoms with van der Waals surface area (Å²) < 4.78 is 0. The molecule has 0 bridgehead atoms. The van der Waals surface area contributed by atoms with Gasteiger partial charge in [0.05, 0.1) is 0 Å². The second-order valence-electron chi connectivity index (χ2n) is 7.27. The molecule has 0 aromatic carbocycles. The minimum absolute atomic E-state index is 1.02. The molecule has 0 N–H and O–H groups in total. The molecule has 2 atom stereocenters. The molecule has 0 aliphatic heterocycles. The lowest BCUT2D eigenvalue weighted by Crippen LogP contribution is -2.19. The molecule has 2 fully saturated rings. The molecule has 0 amide bonds. The maximum absolute atomic E-state index is 2.50. The Kier molecular flexibility index (Phi) is 6.05. The van der Waals surface area contributed by atoms with Gasteiger partial charge in [-0.15, -0.1) is 0 Å². The van der Waals surface area contributed by atoms with Crippen molar-refractivity contribution in [1.29, 1.82) is 0 Å². The number of rotatable bonds is 5. The zero-order valence-electron chi connectivity index (χ0n) is 12.8. The molecular weight excluding hydrogens is 216 g/mol. The molecule has 2 aliphatic rings. The van der Waals surface area contributed by atoms with Crippen molar-refractivity contribution in [3.8, 4) is 0 Å². The first-order valence-corrected chi connectivity index (χ1v) is 8.79. The van der Waals surface area contributed by atoms with E-state index < -0.39 is 0 Å². The minimum Gasteiger partial charge on any atom is -0.0654 e.